The number of aromatic amines is 1. The number of pyridine rings is 1. The molecule has 11 heteroatoms. The number of benzene rings is 2. The molecule has 0 radical (unpaired) electrons. The summed E-state index contributed by atoms with van der Waals surface area (Å²) in [5, 5.41) is 12.7. The number of unbranched alkanes of at least 4 members (excludes halogenated alkanes) is 11. The standard InChI is InChI=1S/C25H26ClN3O5.C18H34O2/c1-2-34-24(32)25(29-11-13-33-14-12-29,28-23(31)17-7-9-19(26)10-8-17)16-18-15-22(30)27-21-6-4-3-5-20(18)21;1-2-3-4-5-6-7-8-9-10-11-12-13-14-15-16-17-18(19)20/h3-10,15H,2,11-14,16H2,1H3,(H,27,30)(H,28,31);9-10H,2-8,11-17H2,1H3,(H,19,20)/b;10-9-. The Labute approximate surface area is 325 Å². The molecule has 2 heterocycles. The molecule has 10 nitrogen and oxygen atoms in total. The van der Waals surface area contributed by atoms with Crippen LogP contribution in [0.25, 0.3) is 10.9 Å². The quantitative estimate of drug-likeness (QED) is 0.0524. The van der Waals surface area contributed by atoms with E-state index in [4.69, 9.17) is 26.2 Å². The molecule has 1 saturated heterocycles. The maximum atomic E-state index is 13.6. The highest BCUT2D eigenvalue weighted by Gasteiger charge is 2.48. The smallest absolute Gasteiger partial charge is 0.347 e. The number of hydrogen-bond acceptors (Lipinski definition) is 7. The highest BCUT2D eigenvalue weighted by molar-refractivity contribution is 6.30. The number of carboxylic acid groups (broad SMARTS) is 1. The van der Waals surface area contributed by atoms with Crippen LogP contribution in [-0.4, -0.2) is 71.4 Å². The first-order valence-corrected chi connectivity index (χ1v) is 20.1. The number of amides is 1. The van der Waals surface area contributed by atoms with Gasteiger partial charge in [0.1, 0.15) is 0 Å². The third kappa shape index (κ3) is 15.4. The van der Waals surface area contributed by atoms with Crippen LogP contribution < -0.4 is 10.9 Å². The lowest BCUT2D eigenvalue weighted by atomic mass is 9.93. The molecule has 0 bridgehead atoms. The lowest BCUT2D eigenvalue weighted by Crippen LogP contribution is -2.69. The molecule has 3 N–H and O–H groups in total. The van der Waals surface area contributed by atoms with E-state index in [9.17, 15) is 19.2 Å². The Kier molecular flexibility index (Phi) is 20.7. The fourth-order valence-electron chi connectivity index (χ4n) is 6.59. The first-order valence-electron chi connectivity index (χ1n) is 19.8. The van der Waals surface area contributed by atoms with E-state index < -0.39 is 23.5 Å². The normalized spacial score (nSPS) is 14.3. The van der Waals surface area contributed by atoms with Crippen LogP contribution in [0.5, 0.6) is 0 Å². The molecule has 4 rings (SSSR count). The second kappa shape index (κ2) is 25.2. The summed E-state index contributed by atoms with van der Waals surface area (Å²) >= 11 is 5.98. The molecule has 3 aromatic rings. The Bertz CT molecular complexity index is 1650. The third-order valence-corrected chi connectivity index (χ3v) is 9.78. The number of para-hydroxylation sites is 1. The Balaban J connectivity index is 0.000000337. The monoisotopic (exact) mass is 765 g/mol. The third-order valence-electron chi connectivity index (χ3n) is 9.53. The number of esters is 1. The zero-order valence-corrected chi connectivity index (χ0v) is 33.0. The van der Waals surface area contributed by atoms with Gasteiger partial charge in [0, 0.05) is 53.5 Å². The van der Waals surface area contributed by atoms with Crippen LogP contribution in [0.1, 0.15) is 120 Å². The number of carbonyl (C=O) groups excluding carboxylic acids is 2. The highest BCUT2D eigenvalue weighted by Crippen LogP contribution is 2.27. The number of morpholine rings is 1. The summed E-state index contributed by atoms with van der Waals surface area (Å²) in [4.78, 5) is 54.4. The fourth-order valence-corrected chi connectivity index (χ4v) is 6.72. The maximum Gasteiger partial charge on any atom is 0.347 e. The number of carbonyl (C=O) groups is 3. The molecule has 2 aromatic carbocycles. The number of halogens is 1. The summed E-state index contributed by atoms with van der Waals surface area (Å²) in [5.41, 5.74) is -0.226. The number of aromatic nitrogens is 1. The lowest BCUT2D eigenvalue weighted by molar-refractivity contribution is -0.163. The Morgan fingerprint density at radius 3 is 2.13 bits per heavy atom. The number of aliphatic carboxylic acids is 1. The second-order valence-corrected chi connectivity index (χ2v) is 14.2. The van der Waals surface area contributed by atoms with E-state index in [2.05, 4.69) is 29.4 Å². The summed E-state index contributed by atoms with van der Waals surface area (Å²) in [5.74, 6) is -1.71. The molecular formula is C43H60ClN3O7. The number of allylic oxidation sites excluding steroid dienone is 2. The number of hydrogen-bond donors (Lipinski definition) is 3. The summed E-state index contributed by atoms with van der Waals surface area (Å²) in [7, 11) is 0. The van der Waals surface area contributed by atoms with Crippen LogP contribution in [-0.2, 0) is 25.5 Å². The molecule has 1 atom stereocenters. The topological polar surface area (TPSA) is 138 Å². The highest BCUT2D eigenvalue weighted by atomic mass is 35.5. The summed E-state index contributed by atoms with van der Waals surface area (Å²) in [6.07, 6.45) is 21.3. The van der Waals surface area contributed by atoms with Gasteiger partial charge in [-0.2, -0.15) is 0 Å². The van der Waals surface area contributed by atoms with Crippen LogP contribution in [0.4, 0.5) is 0 Å². The van der Waals surface area contributed by atoms with Crippen molar-refractivity contribution in [2.75, 3.05) is 32.9 Å². The molecule has 54 heavy (non-hydrogen) atoms. The molecule has 0 aliphatic carbocycles. The van der Waals surface area contributed by atoms with Crippen molar-refractivity contribution in [1.29, 1.82) is 0 Å². The maximum absolute atomic E-state index is 13.6. The Morgan fingerprint density at radius 1 is 0.889 bits per heavy atom. The van der Waals surface area contributed by atoms with Gasteiger partial charge in [-0.25, -0.2) is 4.79 Å². The van der Waals surface area contributed by atoms with Crippen LogP contribution in [0.15, 0.2) is 71.5 Å². The number of nitrogens with zero attached hydrogens (tertiary/aromatic N) is 1. The van der Waals surface area contributed by atoms with Crippen LogP contribution in [0.3, 0.4) is 0 Å². The van der Waals surface area contributed by atoms with E-state index in [1.807, 2.05) is 23.1 Å². The minimum absolute atomic E-state index is 0.0373. The van der Waals surface area contributed by atoms with Crippen molar-refractivity contribution < 1.29 is 29.0 Å². The van der Waals surface area contributed by atoms with Gasteiger partial charge in [0.15, 0.2) is 5.66 Å². The van der Waals surface area contributed by atoms with Gasteiger partial charge in [0.2, 0.25) is 5.56 Å². The number of carboxylic acids is 1. The van der Waals surface area contributed by atoms with E-state index in [0.717, 1.165) is 18.2 Å². The summed E-state index contributed by atoms with van der Waals surface area (Å²) < 4.78 is 11.0. The van der Waals surface area contributed by atoms with Crippen molar-refractivity contribution in [3.8, 4) is 0 Å². The van der Waals surface area contributed by atoms with Gasteiger partial charge in [0.05, 0.1) is 19.8 Å². The SMILES string of the molecule is CCCCCCCC/C=C\CCCCCCCC(=O)O.CCOC(=O)C(Cc1cc(=O)[nH]c2ccccc12)(NC(=O)c1ccc(Cl)cc1)N1CCOCC1. The van der Waals surface area contributed by atoms with Gasteiger partial charge < -0.3 is 24.9 Å². The minimum Gasteiger partial charge on any atom is -0.481 e. The number of H-pyrrole nitrogens is 1. The van der Waals surface area contributed by atoms with Crippen molar-refractivity contribution in [3.05, 3.63) is 93.3 Å². The van der Waals surface area contributed by atoms with Crippen molar-refractivity contribution in [3.63, 3.8) is 0 Å². The molecular weight excluding hydrogens is 706 g/mol. The minimum atomic E-state index is -1.55. The molecule has 0 saturated carbocycles. The van der Waals surface area contributed by atoms with Crippen LogP contribution >= 0.6 is 11.6 Å². The van der Waals surface area contributed by atoms with E-state index >= 15 is 0 Å². The molecule has 1 aliphatic rings. The van der Waals surface area contributed by atoms with Crippen molar-refractivity contribution in [2.45, 2.75) is 116 Å². The van der Waals surface area contributed by atoms with Gasteiger partial charge in [0.25, 0.3) is 5.91 Å². The number of ether oxygens (including phenoxy) is 2. The second-order valence-electron chi connectivity index (χ2n) is 13.8. The van der Waals surface area contributed by atoms with E-state index in [0.29, 0.717) is 54.4 Å². The lowest BCUT2D eigenvalue weighted by Gasteiger charge is -2.44. The van der Waals surface area contributed by atoms with E-state index in [1.54, 1.807) is 37.3 Å². The number of nitrogens with one attached hydrogen (secondary N) is 2. The van der Waals surface area contributed by atoms with E-state index in [1.165, 1.54) is 76.7 Å². The van der Waals surface area contributed by atoms with Gasteiger partial charge >= 0.3 is 11.9 Å². The van der Waals surface area contributed by atoms with E-state index in [-0.39, 0.29) is 18.6 Å². The van der Waals surface area contributed by atoms with Crippen LogP contribution in [0.2, 0.25) is 5.02 Å². The first kappa shape index (κ1) is 44.4. The largest absolute Gasteiger partial charge is 0.481 e. The van der Waals surface area contributed by atoms with Crippen LogP contribution in [0, 0.1) is 0 Å². The molecule has 296 valence electrons. The Hall–Kier alpha value is -3.99. The average molecular weight is 766 g/mol. The zero-order valence-electron chi connectivity index (χ0n) is 32.2. The van der Waals surface area contributed by atoms with Gasteiger partial charge in [-0.1, -0.05) is 100 Å². The number of fused-ring (bicyclic) bond motifs is 1. The molecule has 1 unspecified atom stereocenters. The number of rotatable bonds is 22. The van der Waals surface area contributed by atoms with Crippen molar-refractivity contribution in [2.24, 2.45) is 0 Å². The zero-order chi connectivity index (χ0) is 39.0. The predicted octanol–water partition coefficient (Wildman–Crippen LogP) is 8.85. The molecule has 1 fully saturated rings. The first-order chi connectivity index (χ1) is 26.2. The van der Waals surface area contributed by atoms with Gasteiger partial charge in [-0.05, 0) is 74.9 Å². The summed E-state index contributed by atoms with van der Waals surface area (Å²) in [6.45, 7) is 5.71. The van der Waals surface area contributed by atoms with Crippen molar-refractivity contribution >= 4 is 40.3 Å². The van der Waals surface area contributed by atoms with Gasteiger partial charge in [-0.15, -0.1) is 0 Å². The molecule has 0 spiro atoms. The van der Waals surface area contributed by atoms with Gasteiger partial charge in [-0.3, -0.25) is 19.3 Å². The average Bonchev–Trinajstić information content (AvgIpc) is 3.16. The molecule has 1 aromatic heterocycles. The summed E-state index contributed by atoms with van der Waals surface area (Å²) in [6, 6.07) is 15.2. The molecule has 1 amide bonds. The van der Waals surface area contributed by atoms with Crippen molar-refractivity contribution in [1.82, 2.24) is 15.2 Å². The fraction of sp³-hybridized carbons (Fsp3) is 0.535. The molecule has 1 aliphatic heterocycles. The Morgan fingerprint density at radius 2 is 1.50 bits per heavy atom. The predicted molar refractivity (Wildman–Crippen MR) is 216 cm³/mol.